The molecular weight excluding hydrogens is 418 g/mol. The molecule has 1 aliphatic rings. The number of sulfonamides is 1. The Kier molecular flexibility index (Phi) is 4.70. The minimum Gasteiger partial charge on any atom is -0.317 e. The van der Waals surface area contributed by atoms with Crippen LogP contribution in [0, 0.1) is 5.92 Å². The molecule has 0 saturated heterocycles. The predicted octanol–water partition coefficient (Wildman–Crippen LogP) is 3.43. The van der Waals surface area contributed by atoms with Crippen LogP contribution in [0.25, 0.3) is 0 Å². The number of alkyl halides is 3. The number of hydrogen-bond acceptors (Lipinski definition) is 4. The number of imidazole rings is 1. The van der Waals surface area contributed by atoms with Gasteiger partial charge in [-0.15, -0.1) is 0 Å². The molecule has 0 aliphatic heterocycles. The lowest BCUT2D eigenvalue weighted by atomic mass is 10.4. The smallest absolute Gasteiger partial charge is 0.317 e. The van der Waals surface area contributed by atoms with Gasteiger partial charge >= 0.3 is 6.18 Å². The van der Waals surface area contributed by atoms with E-state index in [-0.39, 0.29) is 21.5 Å². The van der Waals surface area contributed by atoms with E-state index in [9.17, 15) is 26.4 Å². The van der Waals surface area contributed by atoms with Crippen molar-refractivity contribution >= 4 is 39.1 Å². The first-order valence-electron chi connectivity index (χ1n) is 7.13. The molecule has 2 unspecified atom stereocenters. The van der Waals surface area contributed by atoms with Crippen molar-refractivity contribution < 1.29 is 26.4 Å². The van der Waals surface area contributed by atoms with Gasteiger partial charge in [0.2, 0.25) is 0 Å². The van der Waals surface area contributed by atoms with Gasteiger partial charge in [0.15, 0.2) is 5.69 Å². The molecule has 2 aromatic rings. The van der Waals surface area contributed by atoms with E-state index in [0.717, 1.165) is 10.9 Å². The molecule has 0 radical (unpaired) electrons. The summed E-state index contributed by atoms with van der Waals surface area (Å²) in [6.07, 6.45) is -3.58. The van der Waals surface area contributed by atoms with Gasteiger partial charge in [-0.2, -0.15) is 13.2 Å². The van der Waals surface area contributed by atoms with E-state index in [0.29, 0.717) is 0 Å². The van der Waals surface area contributed by atoms with E-state index >= 15 is 0 Å². The van der Waals surface area contributed by atoms with Crippen molar-refractivity contribution in [1.82, 2.24) is 14.3 Å². The number of rotatable bonds is 4. The lowest BCUT2D eigenvalue weighted by Gasteiger charge is -2.08. The SMILES string of the molecule is O=C(NS(=O)(=O)c1ccccc1Cl)c1ncn(C2CC2C(F)(F)F)c1Cl. The summed E-state index contributed by atoms with van der Waals surface area (Å²) < 4.78 is 65.3. The fraction of sp³-hybridized carbons (Fsp3) is 0.286. The van der Waals surface area contributed by atoms with E-state index in [1.54, 1.807) is 4.72 Å². The second-order valence-corrected chi connectivity index (χ2v) is 8.02. The van der Waals surface area contributed by atoms with Crippen molar-refractivity contribution in [2.24, 2.45) is 5.92 Å². The maximum Gasteiger partial charge on any atom is 0.393 e. The highest BCUT2D eigenvalue weighted by Gasteiger charge is 2.57. The van der Waals surface area contributed by atoms with Crippen LogP contribution in [-0.2, 0) is 10.0 Å². The first-order chi connectivity index (χ1) is 12.0. The number of nitrogens with one attached hydrogen (secondary N) is 1. The second-order valence-electron chi connectivity index (χ2n) is 5.61. The van der Waals surface area contributed by atoms with Crippen molar-refractivity contribution in [2.75, 3.05) is 0 Å². The number of benzene rings is 1. The molecule has 1 N–H and O–H groups in total. The van der Waals surface area contributed by atoms with Gasteiger partial charge < -0.3 is 4.57 Å². The van der Waals surface area contributed by atoms with Crippen molar-refractivity contribution in [1.29, 1.82) is 0 Å². The van der Waals surface area contributed by atoms with Crippen LogP contribution in [0.5, 0.6) is 0 Å². The Morgan fingerprint density at radius 1 is 1.27 bits per heavy atom. The summed E-state index contributed by atoms with van der Waals surface area (Å²) in [6.45, 7) is 0. The van der Waals surface area contributed by atoms with Crippen LogP contribution in [0.15, 0.2) is 35.5 Å². The fourth-order valence-electron chi connectivity index (χ4n) is 2.46. The van der Waals surface area contributed by atoms with Gasteiger partial charge in [-0.1, -0.05) is 35.3 Å². The Hall–Kier alpha value is -1.78. The van der Waals surface area contributed by atoms with E-state index in [1.165, 1.54) is 24.3 Å². The molecule has 140 valence electrons. The molecule has 1 aromatic heterocycles. The van der Waals surface area contributed by atoms with Gasteiger partial charge in [0.05, 0.1) is 17.3 Å². The summed E-state index contributed by atoms with van der Waals surface area (Å²) in [5.41, 5.74) is -0.491. The molecule has 0 spiro atoms. The molecule has 1 amide bonds. The van der Waals surface area contributed by atoms with Gasteiger partial charge in [0.25, 0.3) is 15.9 Å². The number of aromatic nitrogens is 2. The fourth-order valence-corrected chi connectivity index (χ4v) is 4.24. The van der Waals surface area contributed by atoms with Crippen LogP contribution >= 0.6 is 23.2 Å². The zero-order valence-electron chi connectivity index (χ0n) is 12.7. The molecule has 0 bridgehead atoms. The average molecular weight is 428 g/mol. The molecule has 26 heavy (non-hydrogen) atoms. The standard InChI is InChI=1S/C14H10Cl2F3N3O3S/c15-8-3-1-2-4-10(8)26(24,25)21-13(23)11-12(16)22(6-20-11)9-5-7(9)14(17,18)19/h1-4,6-7,9H,5H2,(H,21,23). The van der Waals surface area contributed by atoms with E-state index in [1.807, 2.05) is 0 Å². The largest absolute Gasteiger partial charge is 0.393 e. The Labute approximate surface area is 156 Å². The molecule has 12 heteroatoms. The molecule has 1 aliphatic carbocycles. The van der Waals surface area contributed by atoms with Crippen LogP contribution in [0.1, 0.15) is 23.0 Å². The molecule has 1 saturated carbocycles. The molecule has 1 aromatic carbocycles. The van der Waals surface area contributed by atoms with Gasteiger partial charge in [0.1, 0.15) is 10.0 Å². The zero-order valence-corrected chi connectivity index (χ0v) is 15.0. The third-order valence-electron chi connectivity index (χ3n) is 3.84. The monoisotopic (exact) mass is 427 g/mol. The maximum atomic E-state index is 12.7. The zero-order chi connectivity index (χ0) is 19.3. The van der Waals surface area contributed by atoms with Crippen LogP contribution < -0.4 is 4.72 Å². The molecular formula is C14H10Cl2F3N3O3S. The summed E-state index contributed by atoms with van der Waals surface area (Å²) in [6, 6.07) is 4.48. The minimum atomic E-state index is -4.38. The molecule has 1 fully saturated rings. The number of halogens is 5. The normalized spacial score (nSPS) is 20.0. The summed E-state index contributed by atoms with van der Waals surface area (Å²) in [7, 11) is -4.30. The van der Waals surface area contributed by atoms with Gasteiger partial charge in [-0.3, -0.25) is 4.79 Å². The van der Waals surface area contributed by atoms with Gasteiger partial charge in [0, 0.05) is 6.04 Å². The Balaban J connectivity index is 1.81. The van der Waals surface area contributed by atoms with E-state index in [2.05, 4.69) is 4.98 Å². The topological polar surface area (TPSA) is 81.1 Å². The third kappa shape index (κ3) is 3.53. The first kappa shape index (κ1) is 19.0. The van der Waals surface area contributed by atoms with Crippen molar-refractivity contribution in [3.63, 3.8) is 0 Å². The Morgan fingerprint density at radius 2 is 1.92 bits per heavy atom. The quantitative estimate of drug-likeness (QED) is 0.810. The number of carbonyl (C=O) groups is 1. The highest BCUT2D eigenvalue weighted by atomic mass is 35.5. The molecule has 6 nitrogen and oxygen atoms in total. The third-order valence-corrected chi connectivity index (χ3v) is 6.04. The van der Waals surface area contributed by atoms with Crippen molar-refractivity contribution in [3.05, 3.63) is 46.5 Å². The lowest BCUT2D eigenvalue weighted by molar-refractivity contribution is -0.150. The van der Waals surface area contributed by atoms with Gasteiger partial charge in [-0.05, 0) is 18.6 Å². The first-order valence-corrected chi connectivity index (χ1v) is 9.37. The van der Waals surface area contributed by atoms with Crippen LogP contribution in [0.3, 0.4) is 0 Å². The van der Waals surface area contributed by atoms with Crippen LogP contribution in [0.4, 0.5) is 13.2 Å². The van der Waals surface area contributed by atoms with Gasteiger partial charge in [-0.25, -0.2) is 18.1 Å². The number of amides is 1. The van der Waals surface area contributed by atoms with Crippen molar-refractivity contribution in [3.8, 4) is 0 Å². The van der Waals surface area contributed by atoms with Crippen molar-refractivity contribution in [2.45, 2.75) is 23.5 Å². The predicted molar refractivity (Wildman–Crippen MR) is 86.5 cm³/mol. The van der Waals surface area contributed by atoms with Crippen LogP contribution in [-0.4, -0.2) is 30.1 Å². The summed E-state index contributed by atoms with van der Waals surface area (Å²) in [5, 5.41) is -0.468. The van der Waals surface area contributed by atoms with E-state index < -0.39 is 39.8 Å². The minimum absolute atomic E-state index is 0.101. The summed E-state index contributed by atoms with van der Waals surface area (Å²) in [5.74, 6) is -2.74. The highest BCUT2D eigenvalue weighted by molar-refractivity contribution is 7.90. The van der Waals surface area contributed by atoms with Crippen LogP contribution in [0.2, 0.25) is 10.2 Å². The highest BCUT2D eigenvalue weighted by Crippen LogP contribution is 2.54. The maximum absolute atomic E-state index is 12.7. The summed E-state index contributed by atoms with van der Waals surface area (Å²) >= 11 is 11.7. The number of nitrogens with zero attached hydrogens (tertiary/aromatic N) is 2. The molecule has 1 heterocycles. The lowest BCUT2D eigenvalue weighted by Crippen LogP contribution is -2.31. The molecule has 3 rings (SSSR count). The number of hydrogen-bond donors (Lipinski definition) is 1. The van der Waals surface area contributed by atoms with E-state index in [4.69, 9.17) is 23.2 Å². The number of carbonyl (C=O) groups excluding carboxylic acids is 1. The molecule has 2 atom stereocenters. The summed E-state index contributed by atoms with van der Waals surface area (Å²) in [4.78, 5) is 15.5. The Bertz CT molecular complexity index is 975. The second kappa shape index (κ2) is 6.43. The average Bonchev–Trinajstić information content (AvgIpc) is 3.24. The Morgan fingerprint density at radius 3 is 2.50 bits per heavy atom.